The van der Waals surface area contributed by atoms with Gasteiger partial charge in [-0.25, -0.2) is 23.2 Å². The number of aromatic nitrogens is 1. The first kappa shape index (κ1) is 26.2. The fourth-order valence-electron chi connectivity index (χ4n) is 5.05. The van der Waals surface area contributed by atoms with Crippen molar-refractivity contribution in [3.8, 4) is 16.9 Å². The standard InChI is InChI=1S/C25H30NO3.ClHO4/c1-24(2)11-17-22(19(27)13-24)21(15-7-9-16(29-6)10-8-15)23-18(26(17)5)12-25(3,4)14-20(23)28;2-1(3,4)5/h7-10H,11-14H2,1-6H3;(H,2,3,4,5)/q+1;/p-1. The van der Waals surface area contributed by atoms with Gasteiger partial charge in [0.05, 0.1) is 18.2 Å². The zero-order valence-corrected chi connectivity index (χ0v) is 21.1. The van der Waals surface area contributed by atoms with Gasteiger partial charge >= 0.3 is 0 Å². The molecule has 2 aromatic rings. The lowest BCUT2D eigenvalue weighted by Crippen LogP contribution is -2.68. The Hall–Kier alpha value is -2.36. The van der Waals surface area contributed by atoms with Gasteiger partial charge in [-0.3, -0.25) is 9.59 Å². The number of hydrogen-bond acceptors (Lipinski definition) is 7. The highest BCUT2D eigenvalue weighted by atomic mass is 35.7. The molecular weight excluding hydrogens is 462 g/mol. The van der Waals surface area contributed by atoms with Crippen molar-refractivity contribution in [1.29, 1.82) is 0 Å². The van der Waals surface area contributed by atoms with E-state index in [0.717, 1.165) is 52.2 Å². The minimum Gasteiger partial charge on any atom is -0.497 e. The molecule has 0 spiro atoms. The number of halogens is 1. The average Bonchev–Trinajstić information content (AvgIpc) is 2.67. The molecule has 2 aliphatic rings. The van der Waals surface area contributed by atoms with E-state index in [0.29, 0.717) is 12.8 Å². The normalized spacial score (nSPS) is 18.4. The predicted molar refractivity (Wildman–Crippen MR) is 112 cm³/mol. The number of benzene rings is 1. The van der Waals surface area contributed by atoms with Crippen molar-refractivity contribution in [3.63, 3.8) is 0 Å². The summed E-state index contributed by atoms with van der Waals surface area (Å²) in [7, 11) is -1.28. The summed E-state index contributed by atoms with van der Waals surface area (Å²) in [6.45, 7) is 8.59. The Morgan fingerprint density at radius 2 is 1.15 bits per heavy atom. The molecule has 2 aliphatic carbocycles. The van der Waals surface area contributed by atoms with Crippen molar-refractivity contribution < 1.29 is 47.8 Å². The first-order chi connectivity index (χ1) is 15.5. The molecule has 0 aliphatic heterocycles. The van der Waals surface area contributed by atoms with Gasteiger partial charge in [-0.15, -0.1) is 10.2 Å². The molecule has 0 unspecified atom stereocenters. The van der Waals surface area contributed by atoms with Gasteiger partial charge in [-0.1, -0.05) is 39.8 Å². The second-order valence-electron chi connectivity index (χ2n) is 10.6. The minimum atomic E-state index is -4.94. The molecular formula is C25H30ClNO7. The van der Waals surface area contributed by atoms with Crippen LogP contribution < -0.4 is 27.9 Å². The van der Waals surface area contributed by atoms with Crippen LogP contribution in [0, 0.1) is 21.1 Å². The summed E-state index contributed by atoms with van der Waals surface area (Å²) >= 11 is 0. The van der Waals surface area contributed by atoms with Crippen LogP contribution in [0.4, 0.5) is 0 Å². The van der Waals surface area contributed by atoms with Crippen LogP contribution >= 0.6 is 0 Å². The van der Waals surface area contributed by atoms with Crippen LogP contribution in [-0.4, -0.2) is 18.7 Å². The van der Waals surface area contributed by atoms with Crippen LogP contribution in [0.1, 0.15) is 72.6 Å². The number of methoxy groups -OCH3 is 1. The van der Waals surface area contributed by atoms with E-state index in [-0.39, 0.29) is 22.4 Å². The molecule has 0 atom stereocenters. The van der Waals surface area contributed by atoms with Crippen LogP contribution in [0.5, 0.6) is 5.75 Å². The van der Waals surface area contributed by atoms with E-state index >= 15 is 0 Å². The molecule has 8 nitrogen and oxygen atoms in total. The largest absolute Gasteiger partial charge is 0.497 e. The maximum Gasteiger partial charge on any atom is 0.193 e. The molecule has 0 saturated carbocycles. The summed E-state index contributed by atoms with van der Waals surface area (Å²) in [6, 6.07) is 7.73. The molecule has 0 saturated heterocycles. The maximum atomic E-state index is 13.3. The highest BCUT2D eigenvalue weighted by molar-refractivity contribution is 6.12. The number of Topliss-reactive ketones (excluding diaryl/α,β-unsaturated/α-hetero) is 2. The summed E-state index contributed by atoms with van der Waals surface area (Å²) in [6.07, 6.45) is 2.66. The first-order valence-corrected chi connectivity index (χ1v) is 12.2. The molecule has 1 aromatic heterocycles. The second-order valence-corrected chi connectivity index (χ2v) is 11.3. The van der Waals surface area contributed by atoms with E-state index in [1.165, 1.54) is 0 Å². The number of carbonyl (C=O) groups excluding carboxylic acids is 2. The molecule has 1 heterocycles. The number of fused-ring (bicyclic) bond motifs is 2. The van der Waals surface area contributed by atoms with E-state index in [1.807, 2.05) is 31.3 Å². The smallest absolute Gasteiger partial charge is 0.193 e. The molecule has 0 radical (unpaired) electrons. The fourth-order valence-corrected chi connectivity index (χ4v) is 5.05. The predicted octanol–water partition coefficient (Wildman–Crippen LogP) is -0.259. The third kappa shape index (κ3) is 5.64. The summed E-state index contributed by atoms with van der Waals surface area (Å²) in [4.78, 5) is 26.7. The molecule has 184 valence electrons. The molecule has 0 N–H and O–H groups in total. The summed E-state index contributed by atoms with van der Waals surface area (Å²) in [5.74, 6) is 1.04. The maximum absolute atomic E-state index is 13.3. The zero-order chi connectivity index (χ0) is 25.6. The lowest BCUT2D eigenvalue weighted by atomic mass is 9.69. The van der Waals surface area contributed by atoms with Gasteiger partial charge in [0.1, 0.15) is 12.8 Å². The second kappa shape index (κ2) is 9.02. The highest BCUT2D eigenvalue weighted by Gasteiger charge is 2.45. The van der Waals surface area contributed by atoms with E-state index in [9.17, 15) is 9.59 Å². The number of rotatable bonds is 2. The number of ketones is 2. The van der Waals surface area contributed by atoms with E-state index in [2.05, 4.69) is 32.3 Å². The van der Waals surface area contributed by atoms with Crippen molar-refractivity contribution in [3.05, 3.63) is 46.8 Å². The third-order valence-electron chi connectivity index (χ3n) is 6.39. The molecule has 1 aromatic carbocycles. The minimum absolute atomic E-state index is 0.0819. The van der Waals surface area contributed by atoms with E-state index in [1.54, 1.807) is 7.11 Å². The van der Waals surface area contributed by atoms with Crippen molar-refractivity contribution in [2.24, 2.45) is 17.9 Å². The van der Waals surface area contributed by atoms with Gasteiger partial charge in [-0.2, -0.15) is 0 Å². The summed E-state index contributed by atoms with van der Waals surface area (Å²) in [5.41, 5.74) is 5.18. The topological polar surface area (TPSA) is 139 Å². The summed E-state index contributed by atoms with van der Waals surface area (Å²) < 4.78 is 41.4. The van der Waals surface area contributed by atoms with Crippen molar-refractivity contribution >= 4 is 11.6 Å². The zero-order valence-electron chi connectivity index (χ0n) is 20.3. The van der Waals surface area contributed by atoms with Gasteiger partial charge < -0.3 is 4.74 Å². The van der Waals surface area contributed by atoms with Gasteiger partial charge in [0, 0.05) is 31.2 Å². The fraction of sp³-hybridized carbons (Fsp3) is 0.480. The number of carbonyl (C=O) groups is 2. The highest BCUT2D eigenvalue weighted by Crippen LogP contribution is 2.44. The Kier molecular flexibility index (Phi) is 6.96. The van der Waals surface area contributed by atoms with Crippen LogP contribution in [-0.2, 0) is 19.9 Å². The molecule has 0 fully saturated rings. The molecule has 34 heavy (non-hydrogen) atoms. The van der Waals surface area contributed by atoms with Crippen LogP contribution in [0.15, 0.2) is 24.3 Å². The van der Waals surface area contributed by atoms with Gasteiger partial charge in [0.15, 0.2) is 23.0 Å². The number of pyridine rings is 1. The first-order valence-electron chi connectivity index (χ1n) is 10.9. The number of ether oxygens (including phenoxy) is 1. The lowest BCUT2D eigenvalue weighted by Gasteiger charge is -2.34. The Morgan fingerprint density at radius 3 is 1.50 bits per heavy atom. The average molecular weight is 492 g/mol. The monoisotopic (exact) mass is 491 g/mol. The lowest BCUT2D eigenvalue weighted by molar-refractivity contribution is -2.00. The van der Waals surface area contributed by atoms with Crippen molar-refractivity contribution in [2.75, 3.05) is 7.11 Å². The van der Waals surface area contributed by atoms with E-state index in [4.69, 9.17) is 23.4 Å². The Labute approximate surface area is 201 Å². The van der Waals surface area contributed by atoms with Crippen LogP contribution in [0.25, 0.3) is 11.1 Å². The molecule has 0 bridgehead atoms. The quantitative estimate of drug-likeness (QED) is 0.527. The molecule has 0 amide bonds. The van der Waals surface area contributed by atoms with Crippen LogP contribution in [0.3, 0.4) is 0 Å². The van der Waals surface area contributed by atoms with E-state index < -0.39 is 10.2 Å². The van der Waals surface area contributed by atoms with Crippen LogP contribution in [0.2, 0.25) is 0 Å². The molecule has 9 heteroatoms. The Balaban J connectivity index is 0.000000588. The Morgan fingerprint density at radius 1 is 0.765 bits per heavy atom. The van der Waals surface area contributed by atoms with Crippen molar-refractivity contribution in [1.82, 2.24) is 0 Å². The SMILES string of the molecule is COc1ccc(-c2c3c([n+](C)c4c2C(=O)CC(C)(C)C4)CC(C)(C)CC3=O)cc1.[O-][Cl+3]([O-])([O-])[O-]. The van der Waals surface area contributed by atoms with Gasteiger partial charge in [0.25, 0.3) is 0 Å². The summed E-state index contributed by atoms with van der Waals surface area (Å²) in [5, 5.41) is 0. The van der Waals surface area contributed by atoms with Gasteiger partial charge in [0.2, 0.25) is 0 Å². The van der Waals surface area contributed by atoms with Crippen molar-refractivity contribution in [2.45, 2.75) is 53.4 Å². The van der Waals surface area contributed by atoms with Gasteiger partial charge in [-0.05, 0) is 28.5 Å². The molecule has 4 rings (SSSR count). The third-order valence-corrected chi connectivity index (χ3v) is 6.39. The number of nitrogens with zero attached hydrogens (tertiary/aromatic N) is 1. The Bertz CT molecular complexity index is 1070. The number of hydrogen-bond donors (Lipinski definition) is 0.